The molecule has 2 aromatic carbocycles. The van der Waals surface area contributed by atoms with Gasteiger partial charge in [-0.25, -0.2) is 0 Å². The summed E-state index contributed by atoms with van der Waals surface area (Å²) in [5.74, 6) is 0.222. The molecule has 146 valence electrons. The number of fused-ring (bicyclic) bond motifs is 1. The van der Waals surface area contributed by atoms with Crippen molar-refractivity contribution in [1.82, 2.24) is 5.32 Å². The van der Waals surface area contributed by atoms with E-state index in [9.17, 15) is 9.59 Å². The number of nitrogens with one attached hydrogen (secondary N) is 2. The Morgan fingerprint density at radius 3 is 2.68 bits per heavy atom. The standard InChI is InChI=1S/C21H21ClN2O3S/c1-4-12(2)23-20(25)13-6-5-7-14(10-13)24-21(26)19-18(22)16-9-8-15(27-3)11-17(16)28-19/h5-12H,4H2,1-3H3,(H,23,25)(H,24,26). The van der Waals surface area contributed by atoms with Crippen LogP contribution in [0.5, 0.6) is 5.75 Å². The Bertz CT molecular complexity index is 1030. The molecule has 0 spiro atoms. The van der Waals surface area contributed by atoms with Gasteiger partial charge < -0.3 is 15.4 Å². The number of amides is 2. The first-order valence-electron chi connectivity index (χ1n) is 8.91. The number of thiophene rings is 1. The lowest BCUT2D eigenvalue weighted by Crippen LogP contribution is -2.31. The SMILES string of the molecule is CCC(C)NC(=O)c1cccc(NC(=O)c2sc3cc(OC)ccc3c2Cl)c1. The third-order valence-electron chi connectivity index (χ3n) is 4.42. The fourth-order valence-corrected chi connectivity index (χ4v) is 4.09. The van der Waals surface area contributed by atoms with Crippen LogP contribution >= 0.6 is 22.9 Å². The molecule has 3 aromatic rings. The van der Waals surface area contributed by atoms with Gasteiger partial charge in [-0.05, 0) is 49.7 Å². The maximum Gasteiger partial charge on any atom is 0.267 e. The summed E-state index contributed by atoms with van der Waals surface area (Å²) < 4.78 is 6.10. The van der Waals surface area contributed by atoms with Gasteiger partial charge in [0.2, 0.25) is 0 Å². The summed E-state index contributed by atoms with van der Waals surface area (Å²) in [6.07, 6.45) is 0.845. The number of anilines is 1. The maximum atomic E-state index is 12.7. The summed E-state index contributed by atoms with van der Waals surface area (Å²) in [4.78, 5) is 25.5. The van der Waals surface area contributed by atoms with Crippen LogP contribution in [0.4, 0.5) is 5.69 Å². The second-order valence-corrected chi connectivity index (χ2v) is 7.86. The van der Waals surface area contributed by atoms with E-state index in [-0.39, 0.29) is 17.9 Å². The molecular formula is C21H21ClN2O3S. The summed E-state index contributed by atoms with van der Waals surface area (Å²) in [5.41, 5.74) is 1.03. The summed E-state index contributed by atoms with van der Waals surface area (Å²) in [5, 5.41) is 6.95. The third kappa shape index (κ3) is 4.29. The molecule has 3 rings (SSSR count). The Labute approximate surface area is 172 Å². The summed E-state index contributed by atoms with van der Waals surface area (Å²) in [7, 11) is 1.59. The average Bonchev–Trinajstić information content (AvgIpc) is 3.04. The molecule has 2 amide bonds. The summed E-state index contributed by atoms with van der Waals surface area (Å²) in [6.45, 7) is 3.95. The maximum absolute atomic E-state index is 12.7. The summed E-state index contributed by atoms with van der Waals surface area (Å²) in [6, 6.07) is 12.4. The van der Waals surface area contributed by atoms with E-state index in [0.29, 0.717) is 26.9 Å². The van der Waals surface area contributed by atoms with Crippen molar-refractivity contribution in [1.29, 1.82) is 0 Å². The molecule has 1 atom stereocenters. The van der Waals surface area contributed by atoms with Crippen molar-refractivity contribution < 1.29 is 14.3 Å². The molecule has 0 saturated carbocycles. The number of hydrogen-bond donors (Lipinski definition) is 2. The average molecular weight is 417 g/mol. The molecule has 0 bridgehead atoms. The van der Waals surface area contributed by atoms with E-state index in [1.807, 2.05) is 32.0 Å². The molecule has 1 aromatic heterocycles. The third-order valence-corrected chi connectivity index (χ3v) is 6.07. The first kappa shape index (κ1) is 20.2. The lowest BCUT2D eigenvalue weighted by atomic mass is 10.1. The van der Waals surface area contributed by atoms with Gasteiger partial charge in [0, 0.05) is 27.4 Å². The molecule has 0 fully saturated rings. The van der Waals surface area contributed by atoms with E-state index in [4.69, 9.17) is 16.3 Å². The van der Waals surface area contributed by atoms with Crippen LogP contribution in [-0.2, 0) is 0 Å². The molecule has 0 radical (unpaired) electrons. The second-order valence-electron chi connectivity index (χ2n) is 6.42. The smallest absolute Gasteiger partial charge is 0.267 e. The quantitative estimate of drug-likeness (QED) is 0.569. The van der Waals surface area contributed by atoms with Crippen molar-refractivity contribution in [3.8, 4) is 5.75 Å². The van der Waals surface area contributed by atoms with Crippen LogP contribution in [0.1, 0.15) is 40.3 Å². The molecule has 0 aliphatic rings. The molecule has 0 aliphatic carbocycles. The van der Waals surface area contributed by atoms with Gasteiger partial charge in [-0.3, -0.25) is 9.59 Å². The monoisotopic (exact) mass is 416 g/mol. The van der Waals surface area contributed by atoms with Crippen molar-refractivity contribution in [2.24, 2.45) is 0 Å². The van der Waals surface area contributed by atoms with Crippen molar-refractivity contribution >= 4 is 50.5 Å². The van der Waals surface area contributed by atoms with Crippen LogP contribution in [0.15, 0.2) is 42.5 Å². The van der Waals surface area contributed by atoms with Gasteiger partial charge in [-0.2, -0.15) is 0 Å². The minimum Gasteiger partial charge on any atom is -0.497 e. The first-order valence-corrected chi connectivity index (χ1v) is 10.1. The summed E-state index contributed by atoms with van der Waals surface area (Å²) >= 11 is 7.71. The van der Waals surface area contributed by atoms with Crippen LogP contribution in [0.25, 0.3) is 10.1 Å². The Hall–Kier alpha value is -2.57. The van der Waals surface area contributed by atoms with Crippen molar-refractivity contribution in [2.45, 2.75) is 26.3 Å². The molecule has 1 unspecified atom stereocenters. The number of halogens is 1. The highest BCUT2D eigenvalue weighted by Crippen LogP contribution is 2.37. The van der Waals surface area contributed by atoms with E-state index < -0.39 is 0 Å². The number of carbonyl (C=O) groups excluding carboxylic acids is 2. The van der Waals surface area contributed by atoms with Crippen molar-refractivity contribution in [3.63, 3.8) is 0 Å². The fraction of sp³-hybridized carbons (Fsp3) is 0.238. The van der Waals surface area contributed by atoms with Crippen molar-refractivity contribution in [2.75, 3.05) is 12.4 Å². The fourth-order valence-electron chi connectivity index (χ4n) is 2.65. The number of ether oxygens (including phenoxy) is 1. The van der Waals surface area contributed by atoms with Gasteiger partial charge in [0.25, 0.3) is 11.8 Å². The Morgan fingerprint density at radius 2 is 1.96 bits per heavy atom. The lowest BCUT2D eigenvalue weighted by molar-refractivity contribution is 0.0938. The zero-order valence-electron chi connectivity index (χ0n) is 15.8. The highest BCUT2D eigenvalue weighted by Gasteiger charge is 2.18. The molecule has 28 heavy (non-hydrogen) atoms. The minimum atomic E-state index is -0.315. The normalized spacial score (nSPS) is 11.9. The van der Waals surface area contributed by atoms with E-state index in [2.05, 4.69) is 10.6 Å². The molecule has 0 aliphatic heterocycles. The zero-order valence-corrected chi connectivity index (χ0v) is 17.4. The van der Waals surface area contributed by atoms with Crippen LogP contribution in [-0.4, -0.2) is 25.0 Å². The predicted molar refractivity (Wildman–Crippen MR) is 115 cm³/mol. The van der Waals surface area contributed by atoms with Crippen LogP contribution in [0.3, 0.4) is 0 Å². The number of benzene rings is 2. The van der Waals surface area contributed by atoms with Crippen LogP contribution < -0.4 is 15.4 Å². The van der Waals surface area contributed by atoms with Gasteiger partial charge in [0.15, 0.2) is 0 Å². The number of methoxy groups -OCH3 is 1. The van der Waals surface area contributed by atoms with E-state index >= 15 is 0 Å². The molecule has 5 nitrogen and oxygen atoms in total. The minimum absolute atomic E-state index is 0.0834. The Morgan fingerprint density at radius 1 is 1.18 bits per heavy atom. The van der Waals surface area contributed by atoms with Crippen molar-refractivity contribution in [3.05, 3.63) is 57.9 Å². The predicted octanol–water partition coefficient (Wildman–Crippen LogP) is 5.34. The Balaban J connectivity index is 1.81. The van der Waals surface area contributed by atoms with Gasteiger partial charge in [0.1, 0.15) is 10.6 Å². The highest BCUT2D eigenvalue weighted by molar-refractivity contribution is 7.21. The van der Waals surface area contributed by atoms with E-state index in [0.717, 1.165) is 16.5 Å². The highest BCUT2D eigenvalue weighted by atomic mass is 35.5. The molecule has 2 N–H and O–H groups in total. The van der Waals surface area contributed by atoms with Gasteiger partial charge in [-0.1, -0.05) is 24.6 Å². The topological polar surface area (TPSA) is 67.4 Å². The molecule has 7 heteroatoms. The lowest BCUT2D eigenvalue weighted by Gasteiger charge is -2.12. The largest absolute Gasteiger partial charge is 0.497 e. The number of rotatable bonds is 6. The van der Waals surface area contributed by atoms with E-state index in [1.165, 1.54) is 11.3 Å². The number of carbonyl (C=O) groups is 2. The van der Waals surface area contributed by atoms with Gasteiger partial charge in [-0.15, -0.1) is 11.3 Å². The molecule has 0 saturated heterocycles. The first-order chi connectivity index (χ1) is 13.4. The van der Waals surface area contributed by atoms with Crippen LogP contribution in [0, 0.1) is 0 Å². The van der Waals surface area contributed by atoms with Gasteiger partial charge >= 0.3 is 0 Å². The zero-order chi connectivity index (χ0) is 20.3. The van der Waals surface area contributed by atoms with E-state index in [1.54, 1.807) is 31.4 Å². The second kappa shape index (κ2) is 8.63. The Kier molecular flexibility index (Phi) is 6.21. The molecule has 1 heterocycles. The number of hydrogen-bond acceptors (Lipinski definition) is 4. The van der Waals surface area contributed by atoms with Gasteiger partial charge in [0.05, 0.1) is 12.1 Å². The van der Waals surface area contributed by atoms with Crippen LogP contribution in [0.2, 0.25) is 5.02 Å². The molecular weight excluding hydrogens is 396 g/mol.